The number of nitrogens with two attached hydrogens (primary N) is 1. The van der Waals surface area contributed by atoms with E-state index in [4.69, 9.17) is 17.3 Å². The van der Waals surface area contributed by atoms with Gasteiger partial charge in [0.05, 0.1) is 10.9 Å². The van der Waals surface area contributed by atoms with Gasteiger partial charge in [0, 0.05) is 37.0 Å². The van der Waals surface area contributed by atoms with Crippen LogP contribution in [0.25, 0.3) is 11.0 Å². The van der Waals surface area contributed by atoms with Crippen LogP contribution in [0, 0.1) is 0 Å². The number of anilines is 1. The molecule has 0 radical (unpaired) electrons. The molecule has 0 bridgehead atoms. The van der Waals surface area contributed by atoms with Gasteiger partial charge in [0.2, 0.25) is 0 Å². The largest absolute Gasteiger partial charge is 0.396 e. The van der Waals surface area contributed by atoms with Crippen molar-refractivity contribution < 1.29 is 10.2 Å². The summed E-state index contributed by atoms with van der Waals surface area (Å²) in [4.78, 5) is 14.0. The number of hydrogen-bond acceptors (Lipinski definition) is 7. The third-order valence-corrected chi connectivity index (χ3v) is 6.17. The van der Waals surface area contributed by atoms with Crippen LogP contribution in [0.1, 0.15) is 30.9 Å². The maximum Gasteiger partial charge on any atom is 0.142 e. The lowest BCUT2D eigenvalue weighted by atomic mass is 9.86. The van der Waals surface area contributed by atoms with E-state index in [-0.39, 0.29) is 12.6 Å². The number of H-pyrrole nitrogens is 1. The fourth-order valence-corrected chi connectivity index (χ4v) is 4.17. The number of aliphatic hydroxyl groups is 2. The van der Waals surface area contributed by atoms with Gasteiger partial charge in [-0.1, -0.05) is 23.7 Å². The molecule has 9 heteroatoms. The van der Waals surface area contributed by atoms with Gasteiger partial charge in [-0.25, -0.2) is 9.97 Å². The minimum atomic E-state index is -0.912. The lowest BCUT2D eigenvalue weighted by Crippen LogP contribution is -2.62. The zero-order valence-electron chi connectivity index (χ0n) is 16.6. The highest BCUT2D eigenvalue weighted by atomic mass is 35.5. The van der Waals surface area contributed by atoms with Crippen LogP contribution in [-0.2, 0) is 0 Å². The number of aliphatic hydroxyl groups excluding tert-OH is 2. The minimum absolute atomic E-state index is 0.00125. The minimum Gasteiger partial charge on any atom is -0.396 e. The van der Waals surface area contributed by atoms with Gasteiger partial charge in [-0.15, -0.1) is 0 Å². The molecule has 1 aromatic carbocycles. The van der Waals surface area contributed by atoms with Gasteiger partial charge in [-0.3, -0.25) is 5.32 Å². The van der Waals surface area contributed by atoms with E-state index in [0.717, 1.165) is 22.4 Å². The number of piperidine rings is 1. The monoisotopic (exact) mass is 430 g/mol. The van der Waals surface area contributed by atoms with Gasteiger partial charge in [0.15, 0.2) is 0 Å². The number of rotatable bonds is 7. The Labute approximate surface area is 180 Å². The second-order valence-corrected chi connectivity index (χ2v) is 8.28. The van der Waals surface area contributed by atoms with E-state index in [0.29, 0.717) is 37.4 Å². The standard InChI is InChI=1S/C21H27ClN6O2/c22-15-3-1-14(2-4-15)17(6-12-29)27-20(30)21(23)7-10-28(11-8-21)19-16-5-9-24-18(16)25-13-26-19/h1-5,9,13,17,20,27,29-30H,6-8,10-12,23H2,(H,24,25,26)/t17-,20?/m0/s1. The van der Waals surface area contributed by atoms with Crippen molar-refractivity contribution in [2.75, 3.05) is 24.6 Å². The number of aromatic nitrogens is 3. The predicted molar refractivity (Wildman–Crippen MR) is 117 cm³/mol. The summed E-state index contributed by atoms with van der Waals surface area (Å²) < 4.78 is 0. The SMILES string of the molecule is NC1(C(O)N[C@@H](CCO)c2ccc(Cl)cc2)CCN(c2ncnc3[nH]ccc23)CC1. The average Bonchev–Trinajstić information content (AvgIpc) is 3.24. The zero-order valence-corrected chi connectivity index (χ0v) is 17.4. The first-order chi connectivity index (χ1) is 14.5. The molecule has 6 N–H and O–H groups in total. The fourth-order valence-electron chi connectivity index (χ4n) is 4.05. The molecule has 0 spiro atoms. The highest BCUT2D eigenvalue weighted by Gasteiger charge is 2.39. The predicted octanol–water partition coefficient (Wildman–Crippen LogP) is 1.94. The van der Waals surface area contributed by atoms with Crippen LogP contribution < -0.4 is 16.0 Å². The summed E-state index contributed by atoms with van der Waals surface area (Å²) in [5, 5.41) is 25.3. The molecule has 8 nitrogen and oxygen atoms in total. The number of nitrogens with zero attached hydrogens (tertiary/aromatic N) is 3. The molecule has 1 saturated heterocycles. The van der Waals surface area contributed by atoms with Crippen LogP contribution in [0.4, 0.5) is 5.82 Å². The topological polar surface area (TPSA) is 123 Å². The van der Waals surface area contributed by atoms with Crippen LogP contribution in [-0.4, -0.2) is 56.6 Å². The lowest BCUT2D eigenvalue weighted by Gasteiger charge is -2.43. The van der Waals surface area contributed by atoms with Crippen LogP contribution in [0.15, 0.2) is 42.9 Å². The van der Waals surface area contributed by atoms with Crippen LogP contribution in [0.3, 0.4) is 0 Å². The molecule has 30 heavy (non-hydrogen) atoms. The molecule has 2 aromatic heterocycles. The van der Waals surface area contributed by atoms with Crippen molar-refractivity contribution in [3.63, 3.8) is 0 Å². The first kappa shape index (κ1) is 21.0. The Bertz CT molecular complexity index is 971. The average molecular weight is 431 g/mol. The first-order valence-corrected chi connectivity index (χ1v) is 10.5. The van der Waals surface area contributed by atoms with E-state index in [1.807, 2.05) is 24.4 Å². The van der Waals surface area contributed by atoms with Crippen LogP contribution >= 0.6 is 11.6 Å². The van der Waals surface area contributed by atoms with E-state index < -0.39 is 11.8 Å². The van der Waals surface area contributed by atoms with Crippen molar-refractivity contribution in [1.29, 1.82) is 0 Å². The molecule has 160 valence electrons. The number of halogens is 1. The molecular weight excluding hydrogens is 404 g/mol. The second-order valence-electron chi connectivity index (χ2n) is 7.84. The van der Waals surface area contributed by atoms with Gasteiger partial charge in [0.1, 0.15) is 24.0 Å². The third-order valence-electron chi connectivity index (χ3n) is 5.92. The summed E-state index contributed by atoms with van der Waals surface area (Å²) in [5.41, 5.74) is 7.60. The van der Waals surface area contributed by atoms with Crippen molar-refractivity contribution in [2.45, 2.75) is 37.1 Å². The summed E-state index contributed by atoms with van der Waals surface area (Å²) in [6, 6.07) is 9.14. The van der Waals surface area contributed by atoms with Crippen molar-refractivity contribution in [1.82, 2.24) is 20.3 Å². The third kappa shape index (κ3) is 4.28. The van der Waals surface area contributed by atoms with E-state index in [1.165, 1.54) is 0 Å². The molecule has 2 atom stereocenters. The van der Waals surface area contributed by atoms with Crippen LogP contribution in [0.2, 0.25) is 5.02 Å². The van der Waals surface area contributed by atoms with E-state index in [9.17, 15) is 10.2 Å². The molecule has 4 rings (SSSR count). The smallest absolute Gasteiger partial charge is 0.142 e. The molecule has 0 amide bonds. The Morgan fingerprint density at radius 3 is 2.63 bits per heavy atom. The van der Waals surface area contributed by atoms with E-state index in [1.54, 1.807) is 18.5 Å². The van der Waals surface area contributed by atoms with Gasteiger partial charge >= 0.3 is 0 Å². The number of hydrogen-bond donors (Lipinski definition) is 5. The van der Waals surface area contributed by atoms with Crippen molar-refractivity contribution in [2.24, 2.45) is 5.73 Å². The maximum absolute atomic E-state index is 10.9. The quantitative estimate of drug-likeness (QED) is 0.363. The maximum atomic E-state index is 10.9. The number of nitrogens with one attached hydrogen (secondary N) is 2. The molecule has 3 heterocycles. The summed E-state index contributed by atoms with van der Waals surface area (Å²) in [5.74, 6) is 0.880. The molecule has 1 fully saturated rings. The fraction of sp³-hybridized carbons (Fsp3) is 0.429. The van der Waals surface area contributed by atoms with Crippen molar-refractivity contribution in [3.8, 4) is 0 Å². The zero-order chi connectivity index (χ0) is 21.1. The molecule has 1 aliphatic rings. The first-order valence-electron chi connectivity index (χ1n) is 10.1. The molecule has 1 aliphatic heterocycles. The lowest BCUT2D eigenvalue weighted by molar-refractivity contribution is 0.0265. The number of benzene rings is 1. The van der Waals surface area contributed by atoms with Crippen molar-refractivity contribution >= 4 is 28.5 Å². The summed E-state index contributed by atoms with van der Waals surface area (Å²) in [7, 11) is 0. The number of fused-ring (bicyclic) bond motifs is 1. The van der Waals surface area contributed by atoms with Gasteiger partial charge in [-0.05, 0) is 43.0 Å². The van der Waals surface area contributed by atoms with Gasteiger partial charge in [0.25, 0.3) is 0 Å². The Morgan fingerprint density at radius 2 is 1.93 bits per heavy atom. The number of aromatic amines is 1. The van der Waals surface area contributed by atoms with Gasteiger partial charge in [-0.2, -0.15) is 0 Å². The molecule has 3 aromatic rings. The van der Waals surface area contributed by atoms with Crippen LogP contribution in [0.5, 0.6) is 0 Å². The normalized spacial score (nSPS) is 18.5. The summed E-state index contributed by atoms with van der Waals surface area (Å²) >= 11 is 5.98. The summed E-state index contributed by atoms with van der Waals surface area (Å²) in [6.45, 7) is 1.36. The Hall–Kier alpha value is -2.23. The van der Waals surface area contributed by atoms with Gasteiger partial charge < -0.3 is 25.8 Å². The highest BCUT2D eigenvalue weighted by molar-refractivity contribution is 6.30. The summed E-state index contributed by atoms with van der Waals surface area (Å²) in [6.07, 6.45) is 4.16. The van der Waals surface area contributed by atoms with E-state index >= 15 is 0 Å². The Morgan fingerprint density at radius 1 is 1.20 bits per heavy atom. The Kier molecular flexibility index (Phi) is 6.21. The molecular formula is C21H27ClN6O2. The Balaban J connectivity index is 1.43. The molecule has 0 saturated carbocycles. The van der Waals surface area contributed by atoms with E-state index in [2.05, 4.69) is 25.2 Å². The highest BCUT2D eigenvalue weighted by Crippen LogP contribution is 2.30. The van der Waals surface area contributed by atoms with Crippen molar-refractivity contribution in [3.05, 3.63) is 53.4 Å². The molecule has 0 aliphatic carbocycles. The second kappa shape index (κ2) is 8.87. The molecule has 1 unspecified atom stereocenters.